The third-order valence-corrected chi connectivity index (χ3v) is 4.96. The van der Waals surface area contributed by atoms with E-state index >= 15 is 0 Å². The molecule has 1 atom stereocenters. The van der Waals surface area contributed by atoms with Gasteiger partial charge in [-0.2, -0.15) is 5.10 Å². The summed E-state index contributed by atoms with van der Waals surface area (Å²) in [6.07, 6.45) is 3.73. The van der Waals surface area contributed by atoms with Crippen LogP contribution in [-0.4, -0.2) is 60.5 Å². The number of hydrogen-bond acceptors (Lipinski definition) is 5. The molecule has 30 heavy (non-hydrogen) atoms. The summed E-state index contributed by atoms with van der Waals surface area (Å²) in [6.45, 7) is 4.30. The molecule has 1 aliphatic heterocycles. The molecule has 1 N–H and O–H groups in total. The number of hydrogen-bond donors (Lipinski definition) is 1. The second kappa shape index (κ2) is 11.8. The molecule has 0 amide bonds. The number of halogens is 1. The highest BCUT2D eigenvalue weighted by Gasteiger charge is 2.28. The largest absolute Gasteiger partial charge is 0.497 e. The van der Waals surface area contributed by atoms with E-state index in [4.69, 9.17) is 9.47 Å². The summed E-state index contributed by atoms with van der Waals surface area (Å²) in [5.41, 5.74) is 1.87. The molecule has 164 valence electrons. The summed E-state index contributed by atoms with van der Waals surface area (Å²) in [6, 6.07) is 9.72. The Bertz CT molecular complexity index is 837. The van der Waals surface area contributed by atoms with E-state index in [2.05, 4.69) is 20.3 Å². The van der Waals surface area contributed by atoms with Crippen LogP contribution < -0.4 is 10.1 Å². The quantitative estimate of drug-likeness (QED) is 0.270. The minimum atomic E-state index is -0.120. The lowest BCUT2D eigenvalue weighted by atomic mass is 9.98. The van der Waals surface area contributed by atoms with Crippen molar-refractivity contribution in [2.45, 2.75) is 26.3 Å². The number of nitrogens with zero attached hydrogens (tertiary/aromatic N) is 4. The average Bonchev–Trinajstić information content (AvgIpc) is 3.24. The number of guanidine groups is 1. The fourth-order valence-electron chi connectivity index (χ4n) is 3.46. The fraction of sp³-hybridized carbons (Fsp3) is 0.476. The molecule has 1 unspecified atom stereocenters. The molecule has 0 aliphatic carbocycles. The Balaban J connectivity index is 0.00000320. The van der Waals surface area contributed by atoms with Gasteiger partial charge in [0.25, 0.3) is 0 Å². The minimum Gasteiger partial charge on any atom is -0.497 e. The molecule has 8 nitrogen and oxygen atoms in total. The summed E-state index contributed by atoms with van der Waals surface area (Å²) in [7, 11) is 3.41. The number of nitrogens with one attached hydrogen (secondary N) is 1. The molecule has 0 spiro atoms. The maximum absolute atomic E-state index is 12.1. The molecular formula is C21H30IN5O3. The fourth-order valence-corrected chi connectivity index (χ4v) is 3.46. The number of benzene rings is 1. The van der Waals surface area contributed by atoms with Crippen molar-refractivity contribution in [1.29, 1.82) is 0 Å². The Kier molecular flexibility index (Phi) is 9.41. The van der Waals surface area contributed by atoms with Crippen molar-refractivity contribution >= 4 is 35.9 Å². The summed E-state index contributed by atoms with van der Waals surface area (Å²) < 4.78 is 12.2. The molecule has 1 saturated heterocycles. The van der Waals surface area contributed by atoms with Gasteiger partial charge in [-0.3, -0.25) is 9.79 Å². The predicted octanol–water partition coefficient (Wildman–Crippen LogP) is 2.85. The highest BCUT2D eigenvalue weighted by atomic mass is 127. The summed E-state index contributed by atoms with van der Waals surface area (Å²) in [5, 5.41) is 7.98. The molecule has 0 bridgehead atoms. The lowest BCUT2D eigenvalue weighted by Crippen LogP contribution is -2.48. The van der Waals surface area contributed by atoms with Crippen LogP contribution in [0.4, 0.5) is 0 Å². The Morgan fingerprint density at radius 1 is 1.30 bits per heavy atom. The van der Waals surface area contributed by atoms with Crippen LogP contribution >= 0.6 is 24.0 Å². The van der Waals surface area contributed by atoms with E-state index in [-0.39, 0.29) is 35.9 Å². The van der Waals surface area contributed by atoms with Crippen LogP contribution in [0.3, 0.4) is 0 Å². The predicted molar refractivity (Wildman–Crippen MR) is 127 cm³/mol. The second-order valence-corrected chi connectivity index (χ2v) is 6.89. The van der Waals surface area contributed by atoms with Crippen LogP contribution in [0.15, 0.2) is 41.5 Å². The first kappa shape index (κ1) is 24.0. The van der Waals surface area contributed by atoms with Crippen LogP contribution in [0, 0.1) is 5.92 Å². The van der Waals surface area contributed by atoms with E-state index in [9.17, 15) is 4.79 Å². The van der Waals surface area contributed by atoms with E-state index < -0.39 is 0 Å². The van der Waals surface area contributed by atoms with Gasteiger partial charge in [0.05, 0.1) is 37.6 Å². The highest BCUT2D eigenvalue weighted by Crippen LogP contribution is 2.18. The normalized spacial score (nSPS) is 16.6. The Morgan fingerprint density at radius 2 is 2.07 bits per heavy atom. The molecule has 0 radical (unpaired) electrons. The number of ether oxygens (including phenoxy) is 2. The van der Waals surface area contributed by atoms with Crippen molar-refractivity contribution in [2.24, 2.45) is 10.9 Å². The lowest BCUT2D eigenvalue weighted by molar-refractivity contribution is -0.149. The van der Waals surface area contributed by atoms with Gasteiger partial charge < -0.3 is 19.7 Å². The zero-order valence-electron chi connectivity index (χ0n) is 17.7. The van der Waals surface area contributed by atoms with E-state index in [1.807, 2.05) is 48.1 Å². The first-order valence-corrected chi connectivity index (χ1v) is 9.95. The third-order valence-electron chi connectivity index (χ3n) is 4.96. The number of piperidine rings is 1. The first-order valence-electron chi connectivity index (χ1n) is 9.95. The number of aromatic nitrogens is 2. The number of carbonyl (C=O) groups excluding carboxylic acids is 1. The molecule has 1 aliphatic rings. The summed E-state index contributed by atoms with van der Waals surface area (Å²) in [4.78, 5) is 18.6. The molecule has 1 aromatic carbocycles. The van der Waals surface area contributed by atoms with Crippen molar-refractivity contribution in [2.75, 3.05) is 33.9 Å². The zero-order valence-corrected chi connectivity index (χ0v) is 20.0. The van der Waals surface area contributed by atoms with Gasteiger partial charge in [-0.15, -0.1) is 24.0 Å². The van der Waals surface area contributed by atoms with Gasteiger partial charge in [0.15, 0.2) is 5.96 Å². The number of rotatable bonds is 6. The molecule has 3 rings (SSSR count). The van der Waals surface area contributed by atoms with Crippen molar-refractivity contribution < 1.29 is 14.3 Å². The maximum atomic E-state index is 12.1. The van der Waals surface area contributed by atoms with E-state index in [0.717, 1.165) is 42.5 Å². The lowest BCUT2D eigenvalue weighted by Gasteiger charge is -2.33. The van der Waals surface area contributed by atoms with E-state index in [0.29, 0.717) is 19.7 Å². The monoisotopic (exact) mass is 527 g/mol. The Labute approximate surface area is 194 Å². The number of methoxy groups -OCH3 is 1. The van der Waals surface area contributed by atoms with Crippen LogP contribution in [0.2, 0.25) is 0 Å². The van der Waals surface area contributed by atoms with Gasteiger partial charge >= 0.3 is 5.97 Å². The molecule has 2 heterocycles. The topological polar surface area (TPSA) is 81.0 Å². The highest BCUT2D eigenvalue weighted by molar-refractivity contribution is 14.0. The first-order chi connectivity index (χ1) is 14.1. The van der Waals surface area contributed by atoms with Crippen LogP contribution in [0.25, 0.3) is 5.69 Å². The van der Waals surface area contributed by atoms with E-state index in [1.54, 1.807) is 14.2 Å². The SMILES string of the molecule is CCOC(=O)C1CCCN(C(=NC)NCc2ccn(-c3ccc(OC)cc3)n2)C1.I. The van der Waals surface area contributed by atoms with Crippen molar-refractivity contribution in [3.05, 3.63) is 42.2 Å². The van der Waals surface area contributed by atoms with Gasteiger partial charge in [-0.1, -0.05) is 0 Å². The maximum Gasteiger partial charge on any atom is 0.310 e. The van der Waals surface area contributed by atoms with Gasteiger partial charge in [-0.05, 0) is 50.1 Å². The Hall–Kier alpha value is -2.30. The third kappa shape index (κ3) is 6.10. The van der Waals surface area contributed by atoms with Gasteiger partial charge in [0.1, 0.15) is 5.75 Å². The van der Waals surface area contributed by atoms with Crippen LogP contribution in [0.1, 0.15) is 25.5 Å². The molecule has 9 heteroatoms. The van der Waals surface area contributed by atoms with Crippen LogP contribution in [0.5, 0.6) is 5.75 Å². The molecular weight excluding hydrogens is 497 g/mol. The van der Waals surface area contributed by atoms with Crippen molar-refractivity contribution in [3.63, 3.8) is 0 Å². The molecule has 2 aromatic rings. The number of carbonyl (C=O) groups is 1. The number of aliphatic imine (C=N–C) groups is 1. The smallest absolute Gasteiger partial charge is 0.310 e. The van der Waals surface area contributed by atoms with Gasteiger partial charge in [0.2, 0.25) is 0 Å². The minimum absolute atomic E-state index is 0. The zero-order chi connectivity index (χ0) is 20.6. The van der Waals surface area contributed by atoms with Gasteiger partial charge in [-0.25, -0.2) is 4.68 Å². The Morgan fingerprint density at radius 3 is 2.73 bits per heavy atom. The second-order valence-electron chi connectivity index (χ2n) is 6.89. The van der Waals surface area contributed by atoms with E-state index in [1.165, 1.54) is 0 Å². The summed E-state index contributed by atoms with van der Waals surface area (Å²) in [5.74, 6) is 1.37. The van der Waals surface area contributed by atoms with Crippen molar-refractivity contribution in [1.82, 2.24) is 20.0 Å². The molecule has 0 saturated carbocycles. The molecule has 1 aromatic heterocycles. The number of likely N-dealkylation sites (tertiary alicyclic amines) is 1. The summed E-state index contributed by atoms with van der Waals surface area (Å²) >= 11 is 0. The van der Waals surface area contributed by atoms with Crippen molar-refractivity contribution in [3.8, 4) is 11.4 Å². The average molecular weight is 527 g/mol. The van der Waals surface area contributed by atoms with Crippen LogP contribution in [-0.2, 0) is 16.1 Å². The van der Waals surface area contributed by atoms with Gasteiger partial charge in [0, 0.05) is 26.3 Å². The number of esters is 1. The standard InChI is InChI=1S/C21H29N5O3.HI/c1-4-29-20(27)16-6-5-12-25(15-16)21(22-2)23-14-17-11-13-26(24-17)18-7-9-19(28-3)10-8-18;/h7-11,13,16H,4-6,12,14-15H2,1-3H3,(H,22,23);1H. The molecule has 1 fully saturated rings.